The van der Waals surface area contributed by atoms with Crippen LogP contribution in [0.25, 0.3) is 10.9 Å². The number of amides is 1. The molecule has 4 nitrogen and oxygen atoms in total. The zero-order valence-electron chi connectivity index (χ0n) is 11.0. The minimum absolute atomic E-state index is 0.0937. The fourth-order valence-corrected chi connectivity index (χ4v) is 2.04. The average molecular weight is 245 g/mol. The molecule has 96 valence electrons. The van der Waals surface area contributed by atoms with E-state index in [0.29, 0.717) is 6.54 Å². The lowest BCUT2D eigenvalue weighted by molar-refractivity contribution is -0.130. The van der Waals surface area contributed by atoms with Gasteiger partial charge in [0.05, 0.1) is 6.04 Å². The van der Waals surface area contributed by atoms with E-state index in [1.165, 1.54) is 10.9 Å². The summed E-state index contributed by atoms with van der Waals surface area (Å²) in [7, 11) is 3.54. The molecule has 1 unspecified atom stereocenters. The van der Waals surface area contributed by atoms with Gasteiger partial charge < -0.3 is 15.2 Å². The van der Waals surface area contributed by atoms with Crippen molar-refractivity contribution in [2.24, 2.45) is 0 Å². The number of hydrogen-bond acceptors (Lipinski definition) is 2. The van der Waals surface area contributed by atoms with E-state index in [-0.39, 0.29) is 11.9 Å². The second kappa shape index (κ2) is 5.23. The standard InChI is InChI=1S/C14H19N3O/c1-10(14(18)17(2)3)16-9-11-5-4-6-13-12(11)7-8-15-13/h4-8,10,15-16H,9H2,1-3H3. The number of likely N-dealkylation sites (N-methyl/N-ethyl adjacent to an activating group) is 1. The highest BCUT2D eigenvalue weighted by Crippen LogP contribution is 2.17. The molecule has 0 saturated heterocycles. The van der Waals surface area contributed by atoms with Gasteiger partial charge in [-0.2, -0.15) is 0 Å². The van der Waals surface area contributed by atoms with Gasteiger partial charge in [-0.05, 0) is 24.6 Å². The Morgan fingerprint density at radius 3 is 2.89 bits per heavy atom. The Labute approximate surface area is 107 Å². The van der Waals surface area contributed by atoms with Crippen LogP contribution in [0, 0.1) is 0 Å². The fourth-order valence-electron chi connectivity index (χ4n) is 2.04. The van der Waals surface area contributed by atoms with Gasteiger partial charge in [0.25, 0.3) is 0 Å². The first-order valence-corrected chi connectivity index (χ1v) is 6.09. The highest BCUT2D eigenvalue weighted by atomic mass is 16.2. The van der Waals surface area contributed by atoms with Crippen LogP contribution >= 0.6 is 0 Å². The molecule has 2 aromatic rings. The summed E-state index contributed by atoms with van der Waals surface area (Å²) >= 11 is 0. The Bertz CT molecular complexity index is 545. The SMILES string of the molecule is CC(NCc1cccc2[nH]ccc12)C(=O)N(C)C. The Balaban J connectivity index is 2.06. The molecule has 0 radical (unpaired) electrons. The van der Waals surface area contributed by atoms with Crippen molar-refractivity contribution in [2.75, 3.05) is 14.1 Å². The molecule has 4 heteroatoms. The van der Waals surface area contributed by atoms with Gasteiger partial charge in [0.15, 0.2) is 0 Å². The average Bonchev–Trinajstić information content (AvgIpc) is 2.83. The number of aromatic amines is 1. The number of rotatable bonds is 4. The van der Waals surface area contributed by atoms with Crippen LogP contribution in [0.15, 0.2) is 30.5 Å². The molecule has 2 N–H and O–H groups in total. The van der Waals surface area contributed by atoms with E-state index in [2.05, 4.69) is 22.4 Å². The van der Waals surface area contributed by atoms with Gasteiger partial charge in [-0.15, -0.1) is 0 Å². The molecule has 0 saturated carbocycles. The maximum Gasteiger partial charge on any atom is 0.238 e. The van der Waals surface area contributed by atoms with Gasteiger partial charge in [0.1, 0.15) is 0 Å². The van der Waals surface area contributed by atoms with Crippen LogP contribution in [-0.2, 0) is 11.3 Å². The largest absolute Gasteiger partial charge is 0.361 e. The molecule has 0 spiro atoms. The summed E-state index contributed by atoms with van der Waals surface area (Å²) in [6.45, 7) is 2.58. The first kappa shape index (κ1) is 12.6. The summed E-state index contributed by atoms with van der Waals surface area (Å²) < 4.78 is 0. The number of nitrogens with zero attached hydrogens (tertiary/aromatic N) is 1. The van der Waals surface area contributed by atoms with E-state index >= 15 is 0 Å². The minimum atomic E-state index is -0.172. The number of fused-ring (bicyclic) bond motifs is 1. The Hall–Kier alpha value is -1.81. The van der Waals surface area contributed by atoms with Crippen LogP contribution in [0.2, 0.25) is 0 Å². The van der Waals surface area contributed by atoms with Crippen molar-refractivity contribution in [3.63, 3.8) is 0 Å². The number of hydrogen-bond donors (Lipinski definition) is 2. The maximum atomic E-state index is 11.7. The molecule has 1 amide bonds. The summed E-state index contributed by atoms with van der Waals surface area (Å²) in [5.74, 6) is 0.0937. The zero-order chi connectivity index (χ0) is 13.1. The van der Waals surface area contributed by atoms with Crippen molar-refractivity contribution in [2.45, 2.75) is 19.5 Å². The molecule has 0 aliphatic heterocycles. The monoisotopic (exact) mass is 245 g/mol. The number of aromatic nitrogens is 1. The van der Waals surface area contributed by atoms with E-state index in [9.17, 15) is 4.79 Å². The molecule has 0 fully saturated rings. The van der Waals surface area contributed by atoms with E-state index in [1.54, 1.807) is 19.0 Å². The smallest absolute Gasteiger partial charge is 0.238 e. The van der Waals surface area contributed by atoms with Crippen molar-refractivity contribution in [3.05, 3.63) is 36.0 Å². The molecule has 2 rings (SSSR count). The first-order chi connectivity index (χ1) is 8.59. The first-order valence-electron chi connectivity index (χ1n) is 6.09. The molecule has 0 aliphatic carbocycles. The van der Waals surface area contributed by atoms with Crippen LogP contribution in [-0.4, -0.2) is 35.9 Å². The van der Waals surface area contributed by atoms with Crippen LogP contribution in [0.4, 0.5) is 0 Å². The quantitative estimate of drug-likeness (QED) is 0.862. The molecule has 1 atom stereocenters. The Morgan fingerprint density at radius 2 is 2.17 bits per heavy atom. The van der Waals surface area contributed by atoms with Crippen LogP contribution in [0.5, 0.6) is 0 Å². The summed E-state index contributed by atoms with van der Waals surface area (Å²) in [5, 5.41) is 4.46. The van der Waals surface area contributed by atoms with Crippen LogP contribution in [0.1, 0.15) is 12.5 Å². The lowest BCUT2D eigenvalue weighted by Crippen LogP contribution is -2.41. The zero-order valence-corrected chi connectivity index (χ0v) is 11.0. The molecule has 0 bridgehead atoms. The molecule has 1 aromatic carbocycles. The second-order valence-corrected chi connectivity index (χ2v) is 4.69. The maximum absolute atomic E-state index is 11.7. The molecule has 1 heterocycles. The summed E-state index contributed by atoms with van der Waals surface area (Å²) in [5.41, 5.74) is 2.33. The van der Waals surface area contributed by atoms with E-state index in [1.807, 2.05) is 25.3 Å². The lowest BCUT2D eigenvalue weighted by atomic mass is 10.1. The van der Waals surface area contributed by atoms with E-state index in [4.69, 9.17) is 0 Å². The third-order valence-electron chi connectivity index (χ3n) is 3.10. The van der Waals surface area contributed by atoms with Gasteiger partial charge in [-0.3, -0.25) is 4.79 Å². The fraction of sp³-hybridized carbons (Fsp3) is 0.357. The van der Waals surface area contributed by atoms with Gasteiger partial charge in [-0.25, -0.2) is 0 Å². The van der Waals surface area contributed by atoms with Crippen molar-refractivity contribution in [3.8, 4) is 0 Å². The topological polar surface area (TPSA) is 48.1 Å². The van der Waals surface area contributed by atoms with Crippen LogP contribution in [0.3, 0.4) is 0 Å². The number of nitrogens with one attached hydrogen (secondary N) is 2. The Morgan fingerprint density at radius 1 is 1.39 bits per heavy atom. The van der Waals surface area contributed by atoms with Crippen molar-refractivity contribution in [1.82, 2.24) is 15.2 Å². The highest BCUT2D eigenvalue weighted by molar-refractivity contribution is 5.83. The van der Waals surface area contributed by atoms with Crippen molar-refractivity contribution in [1.29, 1.82) is 0 Å². The highest BCUT2D eigenvalue weighted by Gasteiger charge is 2.14. The third-order valence-corrected chi connectivity index (χ3v) is 3.10. The molecule has 18 heavy (non-hydrogen) atoms. The molecular formula is C14H19N3O. The number of carbonyl (C=O) groups is 1. The van der Waals surface area contributed by atoms with Gasteiger partial charge in [-0.1, -0.05) is 12.1 Å². The van der Waals surface area contributed by atoms with Gasteiger partial charge >= 0.3 is 0 Å². The number of carbonyl (C=O) groups excluding carboxylic acids is 1. The van der Waals surface area contributed by atoms with Crippen molar-refractivity contribution >= 4 is 16.8 Å². The molecule has 1 aromatic heterocycles. The normalized spacial score (nSPS) is 12.6. The lowest BCUT2D eigenvalue weighted by Gasteiger charge is -2.18. The van der Waals surface area contributed by atoms with E-state index < -0.39 is 0 Å². The molecular weight excluding hydrogens is 226 g/mol. The van der Waals surface area contributed by atoms with Crippen LogP contribution < -0.4 is 5.32 Å². The number of H-pyrrole nitrogens is 1. The third kappa shape index (κ3) is 2.54. The second-order valence-electron chi connectivity index (χ2n) is 4.69. The number of benzene rings is 1. The van der Waals surface area contributed by atoms with Gasteiger partial charge in [0, 0.05) is 37.7 Å². The predicted molar refractivity (Wildman–Crippen MR) is 73.3 cm³/mol. The summed E-state index contributed by atoms with van der Waals surface area (Å²) in [6.07, 6.45) is 1.93. The van der Waals surface area contributed by atoms with Crippen molar-refractivity contribution < 1.29 is 4.79 Å². The minimum Gasteiger partial charge on any atom is -0.361 e. The van der Waals surface area contributed by atoms with Gasteiger partial charge in [0.2, 0.25) is 5.91 Å². The summed E-state index contributed by atoms with van der Waals surface area (Å²) in [4.78, 5) is 16.5. The predicted octanol–water partition coefficient (Wildman–Crippen LogP) is 1.73. The summed E-state index contributed by atoms with van der Waals surface area (Å²) in [6, 6.07) is 8.04. The van der Waals surface area contributed by atoms with E-state index in [0.717, 1.165) is 5.52 Å². The Kier molecular flexibility index (Phi) is 3.67. The molecule has 0 aliphatic rings.